The summed E-state index contributed by atoms with van der Waals surface area (Å²) in [7, 11) is 2.11. The third-order valence-electron chi connectivity index (χ3n) is 3.98. The molecule has 0 heterocycles. The fourth-order valence-corrected chi connectivity index (χ4v) is 2.88. The predicted octanol–water partition coefficient (Wildman–Crippen LogP) is 3.61. The van der Waals surface area contributed by atoms with E-state index in [2.05, 4.69) is 11.9 Å². The summed E-state index contributed by atoms with van der Waals surface area (Å²) in [6.07, 6.45) is 6.39. The Labute approximate surface area is 109 Å². The quantitative estimate of drug-likeness (QED) is 0.888. The minimum Gasteiger partial charge on any atom is -0.371 e. The number of hydrogen-bond donors (Lipinski definition) is 1. The van der Waals surface area contributed by atoms with Crippen LogP contribution in [0.4, 0.5) is 10.1 Å². The van der Waals surface area contributed by atoms with Crippen LogP contribution < -0.4 is 10.6 Å². The summed E-state index contributed by atoms with van der Waals surface area (Å²) in [4.78, 5) is 2.29. The van der Waals surface area contributed by atoms with Crippen molar-refractivity contribution < 1.29 is 4.39 Å². The molecule has 0 unspecified atom stereocenters. The Kier molecular flexibility index (Phi) is 4.23. The highest BCUT2D eigenvalue weighted by Crippen LogP contribution is 2.31. The van der Waals surface area contributed by atoms with Crippen LogP contribution in [0.15, 0.2) is 18.2 Å². The summed E-state index contributed by atoms with van der Waals surface area (Å²) in [5.74, 6) is -0.205. The van der Waals surface area contributed by atoms with Gasteiger partial charge in [0.1, 0.15) is 5.82 Å². The average molecular weight is 250 g/mol. The summed E-state index contributed by atoms with van der Waals surface area (Å²) in [6, 6.07) is 5.39. The van der Waals surface area contributed by atoms with E-state index >= 15 is 0 Å². The van der Waals surface area contributed by atoms with Crippen LogP contribution in [0.2, 0.25) is 0 Å². The van der Waals surface area contributed by atoms with Gasteiger partial charge in [-0.1, -0.05) is 19.3 Å². The van der Waals surface area contributed by atoms with Crippen molar-refractivity contribution in [2.75, 3.05) is 11.9 Å². The van der Waals surface area contributed by atoms with Gasteiger partial charge in [-0.3, -0.25) is 0 Å². The molecule has 18 heavy (non-hydrogen) atoms. The summed E-state index contributed by atoms with van der Waals surface area (Å²) in [5.41, 5.74) is 7.94. The molecule has 2 N–H and O–H groups in total. The van der Waals surface area contributed by atoms with Gasteiger partial charge in [-0.15, -0.1) is 0 Å². The van der Waals surface area contributed by atoms with Crippen molar-refractivity contribution in [1.82, 2.24) is 0 Å². The standard InChI is InChI=1S/C15H23FN2/c1-11(17)14-10-12(16)8-9-15(14)18(2)13-6-4-3-5-7-13/h8-11,13H,3-7,17H2,1-2H3/t11-/m0/s1. The van der Waals surface area contributed by atoms with E-state index in [0.29, 0.717) is 6.04 Å². The van der Waals surface area contributed by atoms with Crippen LogP contribution in [0.25, 0.3) is 0 Å². The SMILES string of the molecule is C[C@H](N)c1cc(F)ccc1N(C)C1CCCCC1. The van der Waals surface area contributed by atoms with E-state index in [0.717, 1.165) is 11.3 Å². The van der Waals surface area contributed by atoms with Crippen LogP contribution in [-0.4, -0.2) is 13.1 Å². The second kappa shape index (κ2) is 5.70. The molecule has 0 spiro atoms. The summed E-state index contributed by atoms with van der Waals surface area (Å²) in [5, 5.41) is 0. The van der Waals surface area contributed by atoms with Crippen molar-refractivity contribution in [1.29, 1.82) is 0 Å². The van der Waals surface area contributed by atoms with Gasteiger partial charge in [0, 0.05) is 24.8 Å². The number of nitrogens with zero attached hydrogens (tertiary/aromatic N) is 1. The van der Waals surface area contributed by atoms with Crippen molar-refractivity contribution in [3.8, 4) is 0 Å². The van der Waals surface area contributed by atoms with Crippen LogP contribution in [0.1, 0.15) is 50.6 Å². The first-order chi connectivity index (χ1) is 8.59. The van der Waals surface area contributed by atoms with Gasteiger partial charge >= 0.3 is 0 Å². The van der Waals surface area contributed by atoms with Crippen LogP contribution >= 0.6 is 0 Å². The van der Waals surface area contributed by atoms with Crippen molar-refractivity contribution in [3.05, 3.63) is 29.6 Å². The topological polar surface area (TPSA) is 29.3 Å². The van der Waals surface area contributed by atoms with Crippen LogP contribution in [0, 0.1) is 5.82 Å². The molecule has 0 saturated heterocycles. The maximum Gasteiger partial charge on any atom is 0.123 e. The van der Waals surface area contributed by atoms with E-state index in [9.17, 15) is 4.39 Å². The second-order valence-corrected chi connectivity index (χ2v) is 5.39. The number of benzene rings is 1. The lowest BCUT2D eigenvalue weighted by molar-refractivity contribution is 0.426. The molecule has 0 aromatic heterocycles. The Balaban J connectivity index is 2.25. The van der Waals surface area contributed by atoms with Crippen molar-refractivity contribution in [3.63, 3.8) is 0 Å². The van der Waals surface area contributed by atoms with E-state index in [1.165, 1.54) is 38.2 Å². The fourth-order valence-electron chi connectivity index (χ4n) is 2.88. The van der Waals surface area contributed by atoms with Gasteiger partial charge in [0.2, 0.25) is 0 Å². The molecule has 3 heteroatoms. The van der Waals surface area contributed by atoms with Gasteiger partial charge in [0.25, 0.3) is 0 Å². The fraction of sp³-hybridized carbons (Fsp3) is 0.600. The molecule has 0 bridgehead atoms. The van der Waals surface area contributed by atoms with E-state index in [1.807, 2.05) is 13.0 Å². The largest absolute Gasteiger partial charge is 0.371 e. The van der Waals surface area contributed by atoms with Crippen LogP contribution in [0.3, 0.4) is 0 Å². The zero-order valence-electron chi connectivity index (χ0n) is 11.3. The van der Waals surface area contributed by atoms with E-state index in [4.69, 9.17) is 5.73 Å². The zero-order valence-corrected chi connectivity index (χ0v) is 11.3. The summed E-state index contributed by atoms with van der Waals surface area (Å²) >= 11 is 0. The number of nitrogens with two attached hydrogens (primary N) is 1. The zero-order chi connectivity index (χ0) is 13.1. The molecule has 1 fully saturated rings. The number of anilines is 1. The number of halogens is 1. The second-order valence-electron chi connectivity index (χ2n) is 5.39. The minimum atomic E-state index is -0.205. The minimum absolute atomic E-state index is 0.137. The van der Waals surface area contributed by atoms with Crippen LogP contribution in [-0.2, 0) is 0 Å². The molecule has 0 radical (unpaired) electrons. The molecule has 2 rings (SSSR count). The molecule has 1 aliphatic carbocycles. The van der Waals surface area contributed by atoms with E-state index in [1.54, 1.807) is 6.07 Å². The molecule has 2 nitrogen and oxygen atoms in total. The molecule has 0 aliphatic heterocycles. The monoisotopic (exact) mass is 250 g/mol. The van der Waals surface area contributed by atoms with Gasteiger partial charge in [-0.05, 0) is 43.5 Å². The van der Waals surface area contributed by atoms with Gasteiger partial charge in [-0.2, -0.15) is 0 Å². The molecule has 100 valence electrons. The molecule has 1 saturated carbocycles. The Morgan fingerprint density at radius 2 is 1.94 bits per heavy atom. The summed E-state index contributed by atoms with van der Waals surface area (Å²) < 4.78 is 13.3. The van der Waals surface area contributed by atoms with Crippen molar-refractivity contribution >= 4 is 5.69 Å². The van der Waals surface area contributed by atoms with Gasteiger partial charge in [-0.25, -0.2) is 4.39 Å². The van der Waals surface area contributed by atoms with E-state index < -0.39 is 0 Å². The number of hydrogen-bond acceptors (Lipinski definition) is 2. The first-order valence-electron chi connectivity index (χ1n) is 6.87. The molecular formula is C15H23FN2. The first-order valence-corrected chi connectivity index (χ1v) is 6.87. The third-order valence-corrected chi connectivity index (χ3v) is 3.98. The maximum atomic E-state index is 13.3. The lowest BCUT2D eigenvalue weighted by atomic mass is 9.93. The van der Waals surface area contributed by atoms with Gasteiger partial charge < -0.3 is 10.6 Å². The molecule has 1 aromatic carbocycles. The molecule has 1 aliphatic rings. The molecular weight excluding hydrogens is 227 g/mol. The van der Waals surface area contributed by atoms with Crippen LogP contribution in [0.5, 0.6) is 0 Å². The molecule has 0 amide bonds. The highest BCUT2D eigenvalue weighted by molar-refractivity contribution is 5.55. The van der Waals surface area contributed by atoms with Gasteiger partial charge in [0.05, 0.1) is 0 Å². The Morgan fingerprint density at radius 1 is 1.28 bits per heavy atom. The number of rotatable bonds is 3. The Morgan fingerprint density at radius 3 is 2.56 bits per heavy atom. The van der Waals surface area contributed by atoms with Crippen molar-refractivity contribution in [2.24, 2.45) is 5.73 Å². The third kappa shape index (κ3) is 2.83. The smallest absolute Gasteiger partial charge is 0.123 e. The van der Waals surface area contributed by atoms with E-state index in [-0.39, 0.29) is 11.9 Å². The lowest BCUT2D eigenvalue weighted by Crippen LogP contribution is -2.34. The lowest BCUT2D eigenvalue weighted by Gasteiger charge is -2.34. The normalized spacial score (nSPS) is 18.7. The molecule has 1 aromatic rings. The maximum absolute atomic E-state index is 13.3. The average Bonchev–Trinajstić information content (AvgIpc) is 2.39. The highest BCUT2D eigenvalue weighted by atomic mass is 19.1. The highest BCUT2D eigenvalue weighted by Gasteiger charge is 2.21. The van der Waals surface area contributed by atoms with Crippen molar-refractivity contribution in [2.45, 2.75) is 51.1 Å². The summed E-state index contributed by atoms with van der Waals surface area (Å²) in [6.45, 7) is 1.91. The first kappa shape index (κ1) is 13.3. The van der Waals surface area contributed by atoms with Gasteiger partial charge in [0.15, 0.2) is 0 Å². The Hall–Kier alpha value is -1.09. The predicted molar refractivity (Wildman–Crippen MR) is 74.3 cm³/mol. The molecule has 1 atom stereocenters. The Bertz CT molecular complexity index is 397.